The fourth-order valence-electron chi connectivity index (χ4n) is 3.01. The number of anilines is 1. The van der Waals surface area contributed by atoms with Crippen LogP contribution in [-0.4, -0.2) is 30.6 Å². The second-order valence-corrected chi connectivity index (χ2v) is 8.37. The Balaban J connectivity index is 1.61. The van der Waals surface area contributed by atoms with Crippen LogP contribution in [0, 0.1) is 15.9 Å². The summed E-state index contributed by atoms with van der Waals surface area (Å²) in [4.78, 5) is 32.4. The molecule has 0 saturated carbocycles. The molecule has 5 aromatic rings. The maximum absolute atomic E-state index is 13.4. The minimum absolute atomic E-state index is 0.133. The van der Waals surface area contributed by atoms with Crippen molar-refractivity contribution in [3.8, 4) is 17.1 Å². The first-order valence-corrected chi connectivity index (χ1v) is 10.9. The van der Waals surface area contributed by atoms with Crippen LogP contribution in [-0.2, 0) is 0 Å². The summed E-state index contributed by atoms with van der Waals surface area (Å²) in [6.07, 6.45) is 1.50. The molecule has 0 aliphatic carbocycles. The molecule has 1 aromatic carbocycles. The zero-order chi connectivity index (χ0) is 22.2. The highest BCUT2D eigenvalue weighted by Gasteiger charge is 2.20. The quantitative estimate of drug-likeness (QED) is 0.291. The van der Waals surface area contributed by atoms with Gasteiger partial charge in [0.25, 0.3) is 5.91 Å². The summed E-state index contributed by atoms with van der Waals surface area (Å²) < 4.78 is 14.9. The Kier molecular flexibility index (Phi) is 4.92. The van der Waals surface area contributed by atoms with Gasteiger partial charge >= 0.3 is 5.00 Å². The first-order valence-electron chi connectivity index (χ1n) is 9.09. The lowest BCUT2D eigenvalue weighted by atomic mass is 10.3. The Bertz CT molecular complexity index is 1460. The summed E-state index contributed by atoms with van der Waals surface area (Å²) in [6.45, 7) is 0. The lowest BCUT2D eigenvalue weighted by molar-refractivity contribution is -0.380. The Morgan fingerprint density at radius 3 is 2.62 bits per heavy atom. The van der Waals surface area contributed by atoms with Gasteiger partial charge in [-0.25, -0.2) is 19.0 Å². The maximum Gasteiger partial charge on any atom is 0.324 e. The van der Waals surface area contributed by atoms with Gasteiger partial charge in [-0.15, -0.1) is 0 Å². The summed E-state index contributed by atoms with van der Waals surface area (Å²) >= 11 is 2.24. The predicted octanol–water partition coefficient (Wildman–Crippen LogP) is 4.91. The molecule has 4 heterocycles. The van der Waals surface area contributed by atoms with Gasteiger partial charge in [-0.3, -0.25) is 14.9 Å². The molecule has 0 aliphatic heterocycles. The van der Waals surface area contributed by atoms with E-state index in [1.807, 2.05) is 16.8 Å². The first kappa shape index (κ1) is 19.9. The number of fused-ring (bicyclic) bond motifs is 1. The standard InChI is InChI=1S/C20H11FN6O3S2/c21-12-1-3-13(4-2-12)26-19-14(9-22-26)18(23-17(24-19)11-7-8-31-10-11)25-20(28)15-5-6-16(32-15)27(29)30/h1-10H,(H,23,24,25,28). The van der Waals surface area contributed by atoms with E-state index in [9.17, 15) is 19.3 Å². The number of hydrogen-bond acceptors (Lipinski definition) is 8. The van der Waals surface area contributed by atoms with Crippen molar-refractivity contribution in [2.45, 2.75) is 0 Å². The Morgan fingerprint density at radius 2 is 1.94 bits per heavy atom. The molecular weight excluding hydrogens is 455 g/mol. The van der Waals surface area contributed by atoms with E-state index in [0.29, 0.717) is 22.5 Å². The number of hydrogen-bond donors (Lipinski definition) is 1. The van der Waals surface area contributed by atoms with Crippen LogP contribution in [0.4, 0.5) is 15.2 Å². The molecule has 0 bridgehead atoms. The smallest absolute Gasteiger partial charge is 0.305 e. The van der Waals surface area contributed by atoms with Crippen LogP contribution in [0.15, 0.2) is 59.4 Å². The SMILES string of the molecule is O=C(Nc1nc(-c2ccsc2)nc2c1cnn2-c1ccc(F)cc1)c1ccc([N+](=O)[O-])s1. The highest BCUT2D eigenvalue weighted by Crippen LogP contribution is 2.29. The number of nitrogens with zero attached hydrogens (tertiary/aromatic N) is 5. The number of aromatic nitrogens is 4. The Morgan fingerprint density at radius 1 is 1.12 bits per heavy atom. The van der Waals surface area contributed by atoms with Gasteiger partial charge in [-0.2, -0.15) is 16.4 Å². The van der Waals surface area contributed by atoms with Crippen LogP contribution in [0.5, 0.6) is 0 Å². The summed E-state index contributed by atoms with van der Waals surface area (Å²) in [7, 11) is 0. The molecule has 0 aliphatic rings. The molecule has 1 N–H and O–H groups in total. The third-order valence-corrected chi connectivity index (χ3v) is 6.23. The summed E-state index contributed by atoms with van der Waals surface area (Å²) in [6, 6.07) is 10.3. The fourth-order valence-corrected chi connectivity index (χ4v) is 4.36. The van der Waals surface area contributed by atoms with Gasteiger partial charge in [0.2, 0.25) is 0 Å². The monoisotopic (exact) mass is 466 g/mol. The summed E-state index contributed by atoms with van der Waals surface area (Å²) in [5, 5.41) is 22.1. The van der Waals surface area contributed by atoms with Gasteiger partial charge < -0.3 is 5.32 Å². The molecule has 0 atom stereocenters. The number of nitro groups is 1. The van der Waals surface area contributed by atoms with Crippen molar-refractivity contribution in [2.24, 2.45) is 0 Å². The fraction of sp³-hybridized carbons (Fsp3) is 0. The zero-order valence-electron chi connectivity index (χ0n) is 15.9. The zero-order valence-corrected chi connectivity index (χ0v) is 17.6. The minimum atomic E-state index is -0.550. The van der Waals surface area contributed by atoms with Crippen LogP contribution < -0.4 is 5.32 Å². The van der Waals surface area contributed by atoms with Crippen molar-refractivity contribution in [3.63, 3.8) is 0 Å². The number of rotatable bonds is 5. The van der Waals surface area contributed by atoms with Gasteiger partial charge in [0, 0.05) is 17.0 Å². The number of carbonyl (C=O) groups excluding carboxylic acids is 1. The van der Waals surface area contributed by atoms with Crippen LogP contribution in [0.3, 0.4) is 0 Å². The molecule has 1 amide bonds. The van der Waals surface area contributed by atoms with Crippen molar-refractivity contribution in [2.75, 3.05) is 5.32 Å². The Labute approximate surface area is 187 Å². The van der Waals surface area contributed by atoms with Crippen LogP contribution >= 0.6 is 22.7 Å². The van der Waals surface area contributed by atoms with E-state index in [0.717, 1.165) is 16.9 Å². The lowest BCUT2D eigenvalue weighted by Crippen LogP contribution is -2.12. The molecule has 12 heteroatoms. The Hall–Kier alpha value is -4.03. The van der Waals surface area contributed by atoms with Gasteiger partial charge in [0.05, 0.1) is 27.1 Å². The van der Waals surface area contributed by atoms with E-state index in [-0.39, 0.29) is 21.5 Å². The van der Waals surface area contributed by atoms with Crippen LogP contribution in [0.25, 0.3) is 28.1 Å². The number of amides is 1. The number of benzene rings is 1. The molecule has 0 radical (unpaired) electrons. The van der Waals surface area contributed by atoms with Crippen LogP contribution in [0.1, 0.15) is 9.67 Å². The topological polar surface area (TPSA) is 116 Å². The maximum atomic E-state index is 13.4. The van der Waals surface area contributed by atoms with Crippen molar-refractivity contribution >= 4 is 50.4 Å². The van der Waals surface area contributed by atoms with Gasteiger partial charge in [0.15, 0.2) is 11.5 Å². The highest BCUT2D eigenvalue weighted by molar-refractivity contribution is 7.17. The third kappa shape index (κ3) is 3.61. The second kappa shape index (κ2) is 7.90. The van der Waals surface area contributed by atoms with Crippen molar-refractivity contribution in [1.29, 1.82) is 0 Å². The minimum Gasteiger partial charge on any atom is -0.305 e. The van der Waals surface area contributed by atoms with Crippen LogP contribution in [0.2, 0.25) is 0 Å². The predicted molar refractivity (Wildman–Crippen MR) is 119 cm³/mol. The first-order chi connectivity index (χ1) is 15.5. The molecule has 0 spiro atoms. The van der Waals surface area contributed by atoms with Crippen molar-refractivity contribution in [3.05, 3.63) is 80.2 Å². The number of carbonyl (C=O) groups is 1. The number of nitrogens with one attached hydrogen (secondary N) is 1. The van der Waals surface area contributed by atoms with E-state index >= 15 is 0 Å². The molecule has 9 nitrogen and oxygen atoms in total. The van der Waals surface area contributed by atoms with Gasteiger partial charge in [-0.1, -0.05) is 11.3 Å². The number of halogens is 1. The lowest BCUT2D eigenvalue weighted by Gasteiger charge is -2.08. The third-order valence-electron chi connectivity index (χ3n) is 4.51. The van der Waals surface area contributed by atoms with Crippen molar-refractivity contribution < 1.29 is 14.1 Å². The van der Waals surface area contributed by atoms with Gasteiger partial charge in [-0.05, 0) is 41.8 Å². The average molecular weight is 466 g/mol. The molecule has 4 aromatic heterocycles. The molecule has 5 rings (SSSR count). The van der Waals surface area contributed by atoms with E-state index in [1.165, 1.54) is 46.5 Å². The molecule has 32 heavy (non-hydrogen) atoms. The van der Waals surface area contributed by atoms with E-state index < -0.39 is 10.8 Å². The molecule has 158 valence electrons. The molecule has 0 fully saturated rings. The van der Waals surface area contributed by atoms with Gasteiger partial charge in [0.1, 0.15) is 11.6 Å². The highest BCUT2D eigenvalue weighted by atomic mass is 32.1. The summed E-state index contributed by atoms with van der Waals surface area (Å²) in [5.74, 6) is -0.327. The average Bonchev–Trinajstić information content (AvgIpc) is 3.54. The largest absolute Gasteiger partial charge is 0.324 e. The second-order valence-electron chi connectivity index (χ2n) is 6.53. The van der Waals surface area contributed by atoms with E-state index in [2.05, 4.69) is 20.4 Å². The summed E-state index contributed by atoms with van der Waals surface area (Å²) in [5.41, 5.74) is 1.76. The molecule has 0 saturated heterocycles. The normalized spacial score (nSPS) is 11.0. The number of thiophene rings is 2. The molecule has 0 unspecified atom stereocenters. The van der Waals surface area contributed by atoms with Crippen molar-refractivity contribution in [1.82, 2.24) is 19.7 Å². The van der Waals surface area contributed by atoms with E-state index in [1.54, 1.807) is 12.1 Å². The van der Waals surface area contributed by atoms with E-state index in [4.69, 9.17) is 0 Å². The molecular formula is C20H11FN6O3S2.